The van der Waals surface area contributed by atoms with E-state index in [9.17, 15) is 0 Å². The lowest BCUT2D eigenvalue weighted by molar-refractivity contribution is 0.580. The topological polar surface area (TPSA) is 64.9 Å². The van der Waals surface area contributed by atoms with Gasteiger partial charge in [-0.25, -0.2) is 9.97 Å². The van der Waals surface area contributed by atoms with Crippen molar-refractivity contribution in [2.24, 2.45) is 0 Å². The van der Waals surface area contributed by atoms with Gasteiger partial charge in [-0.2, -0.15) is 0 Å². The zero-order valence-corrected chi connectivity index (χ0v) is 9.48. The Hall–Kier alpha value is -2.07. The summed E-state index contributed by atoms with van der Waals surface area (Å²) in [4.78, 5) is 8.32. The van der Waals surface area contributed by atoms with E-state index in [4.69, 9.17) is 21.8 Å². The molecule has 0 bridgehead atoms. The van der Waals surface area contributed by atoms with Crippen LogP contribution in [0, 0.1) is 0 Å². The van der Waals surface area contributed by atoms with Gasteiger partial charge in [0.15, 0.2) is 5.76 Å². The largest absolute Gasteiger partial charge is 0.463 e. The Bertz CT molecular complexity index is 680. The van der Waals surface area contributed by atoms with E-state index in [1.165, 1.54) is 0 Å². The number of halogens is 1. The Kier molecular flexibility index (Phi) is 2.23. The van der Waals surface area contributed by atoms with Crippen molar-refractivity contribution in [3.05, 3.63) is 41.9 Å². The smallest absolute Gasteiger partial charge is 0.223 e. The molecule has 1 aromatic carbocycles. The van der Waals surface area contributed by atoms with Gasteiger partial charge in [0.05, 0.1) is 17.5 Å². The molecule has 2 aromatic heterocycles. The highest BCUT2D eigenvalue weighted by Crippen LogP contribution is 2.29. The standard InChI is InChI=1S/C12H8ClN3O/c13-12-15-10-7(3-1-4-8(10)14)11(16-12)9-5-2-6-17-9/h1-6H,14H2. The zero-order chi connectivity index (χ0) is 11.8. The molecule has 84 valence electrons. The van der Waals surface area contributed by atoms with Crippen molar-refractivity contribution >= 4 is 28.2 Å². The van der Waals surface area contributed by atoms with Gasteiger partial charge < -0.3 is 10.2 Å². The molecular formula is C12H8ClN3O. The summed E-state index contributed by atoms with van der Waals surface area (Å²) in [5.41, 5.74) is 7.73. The van der Waals surface area contributed by atoms with Gasteiger partial charge in [-0.05, 0) is 29.8 Å². The van der Waals surface area contributed by atoms with Crippen LogP contribution in [0.1, 0.15) is 0 Å². The second-order valence-electron chi connectivity index (χ2n) is 3.56. The van der Waals surface area contributed by atoms with Gasteiger partial charge in [-0.3, -0.25) is 0 Å². The van der Waals surface area contributed by atoms with Crippen molar-refractivity contribution in [2.75, 3.05) is 5.73 Å². The third kappa shape index (κ3) is 1.62. The van der Waals surface area contributed by atoms with Gasteiger partial charge >= 0.3 is 0 Å². The minimum Gasteiger partial charge on any atom is -0.463 e. The van der Waals surface area contributed by atoms with Gasteiger partial charge in [0.25, 0.3) is 0 Å². The molecular weight excluding hydrogens is 238 g/mol. The van der Waals surface area contributed by atoms with Crippen molar-refractivity contribution in [3.8, 4) is 11.5 Å². The van der Waals surface area contributed by atoms with Crippen LogP contribution in [0.25, 0.3) is 22.4 Å². The average Bonchev–Trinajstić information content (AvgIpc) is 2.83. The molecule has 3 aromatic rings. The molecule has 0 saturated carbocycles. The summed E-state index contributed by atoms with van der Waals surface area (Å²) in [6.07, 6.45) is 1.59. The molecule has 3 rings (SSSR count). The molecule has 0 aliphatic heterocycles. The molecule has 0 spiro atoms. The van der Waals surface area contributed by atoms with Crippen LogP contribution >= 0.6 is 11.6 Å². The van der Waals surface area contributed by atoms with Crippen molar-refractivity contribution in [3.63, 3.8) is 0 Å². The first-order valence-corrected chi connectivity index (χ1v) is 5.39. The van der Waals surface area contributed by atoms with Crippen LogP contribution in [0.2, 0.25) is 5.28 Å². The van der Waals surface area contributed by atoms with Crippen LogP contribution in [0.4, 0.5) is 5.69 Å². The highest BCUT2D eigenvalue weighted by atomic mass is 35.5. The van der Waals surface area contributed by atoms with E-state index in [0.717, 1.165) is 5.39 Å². The molecule has 0 amide bonds. The molecule has 17 heavy (non-hydrogen) atoms. The van der Waals surface area contributed by atoms with Crippen LogP contribution < -0.4 is 5.73 Å². The number of nitrogens with two attached hydrogens (primary N) is 1. The third-order valence-electron chi connectivity index (χ3n) is 2.49. The van der Waals surface area contributed by atoms with E-state index < -0.39 is 0 Å². The number of hydrogen-bond acceptors (Lipinski definition) is 4. The Morgan fingerprint density at radius 3 is 2.76 bits per heavy atom. The van der Waals surface area contributed by atoms with E-state index in [1.807, 2.05) is 18.2 Å². The molecule has 0 radical (unpaired) electrons. The maximum absolute atomic E-state index is 5.89. The number of hydrogen-bond donors (Lipinski definition) is 1. The first kappa shape index (κ1) is 10.1. The minimum absolute atomic E-state index is 0.154. The van der Waals surface area contributed by atoms with Gasteiger partial charge in [0.1, 0.15) is 5.69 Å². The molecule has 0 unspecified atom stereocenters. The SMILES string of the molecule is Nc1cccc2c(-c3ccco3)nc(Cl)nc12. The second-order valence-corrected chi connectivity index (χ2v) is 3.90. The van der Waals surface area contributed by atoms with Gasteiger partial charge in [-0.1, -0.05) is 12.1 Å². The quantitative estimate of drug-likeness (QED) is 0.528. The number of para-hydroxylation sites is 1. The number of benzene rings is 1. The van der Waals surface area contributed by atoms with Crippen molar-refractivity contribution in [2.45, 2.75) is 0 Å². The number of nitrogen functional groups attached to an aromatic ring is 1. The van der Waals surface area contributed by atoms with Gasteiger partial charge in [0.2, 0.25) is 5.28 Å². The molecule has 5 heteroatoms. The van der Waals surface area contributed by atoms with E-state index in [2.05, 4.69) is 9.97 Å². The van der Waals surface area contributed by atoms with Crippen LogP contribution in [-0.2, 0) is 0 Å². The number of aromatic nitrogens is 2. The highest BCUT2D eigenvalue weighted by Gasteiger charge is 2.12. The summed E-state index contributed by atoms with van der Waals surface area (Å²) in [6, 6.07) is 9.13. The lowest BCUT2D eigenvalue weighted by Gasteiger charge is -2.05. The Labute approximate surface area is 102 Å². The second kappa shape index (κ2) is 3.75. The Morgan fingerprint density at radius 2 is 2.00 bits per heavy atom. The third-order valence-corrected chi connectivity index (χ3v) is 2.65. The van der Waals surface area contributed by atoms with Crippen molar-refractivity contribution in [1.82, 2.24) is 9.97 Å². The van der Waals surface area contributed by atoms with Crippen LogP contribution in [0.5, 0.6) is 0 Å². The van der Waals surface area contributed by atoms with Gasteiger partial charge in [0, 0.05) is 5.39 Å². The van der Waals surface area contributed by atoms with E-state index >= 15 is 0 Å². The molecule has 0 aliphatic rings. The first-order chi connectivity index (χ1) is 8.25. The molecule has 2 N–H and O–H groups in total. The van der Waals surface area contributed by atoms with Gasteiger partial charge in [-0.15, -0.1) is 0 Å². The molecule has 0 atom stereocenters. The monoisotopic (exact) mass is 245 g/mol. The summed E-state index contributed by atoms with van der Waals surface area (Å²) in [5, 5.41) is 0.978. The van der Waals surface area contributed by atoms with E-state index in [-0.39, 0.29) is 5.28 Å². The lowest BCUT2D eigenvalue weighted by atomic mass is 10.1. The van der Waals surface area contributed by atoms with Crippen LogP contribution in [-0.4, -0.2) is 9.97 Å². The van der Waals surface area contributed by atoms with Crippen molar-refractivity contribution in [1.29, 1.82) is 0 Å². The van der Waals surface area contributed by atoms with Crippen LogP contribution in [0.3, 0.4) is 0 Å². The fourth-order valence-electron chi connectivity index (χ4n) is 1.75. The molecule has 2 heterocycles. The summed E-state index contributed by atoms with van der Waals surface area (Å²) < 4.78 is 5.33. The predicted molar refractivity (Wildman–Crippen MR) is 66.7 cm³/mol. The summed E-state index contributed by atoms with van der Waals surface area (Å²) in [7, 11) is 0. The maximum atomic E-state index is 5.89. The summed E-state index contributed by atoms with van der Waals surface area (Å²) in [5.74, 6) is 0.643. The zero-order valence-electron chi connectivity index (χ0n) is 8.72. The summed E-state index contributed by atoms with van der Waals surface area (Å²) >= 11 is 5.89. The Balaban J connectivity index is 2.42. The average molecular weight is 246 g/mol. The number of furan rings is 1. The first-order valence-electron chi connectivity index (χ1n) is 5.01. The number of anilines is 1. The summed E-state index contributed by atoms with van der Waals surface area (Å²) in [6.45, 7) is 0. The maximum Gasteiger partial charge on any atom is 0.223 e. The van der Waals surface area contributed by atoms with E-state index in [1.54, 1.807) is 18.4 Å². The molecule has 0 saturated heterocycles. The molecule has 0 fully saturated rings. The predicted octanol–water partition coefficient (Wildman–Crippen LogP) is 3.13. The molecule has 0 aliphatic carbocycles. The minimum atomic E-state index is 0.154. The Morgan fingerprint density at radius 1 is 1.12 bits per heavy atom. The van der Waals surface area contributed by atoms with E-state index in [0.29, 0.717) is 22.7 Å². The molecule has 4 nitrogen and oxygen atoms in total. The normalized spacial score (nSPS) is 10.9. The number of nitrogens with zero attached hydrogens (tertiary/aromatic N) is 2. The highest BCUT2D eigenvalue weighted by molar-refractivity contribution is 6.29. The van der Waals surface area contributed by atoms with Crippen molar-refractivity contribution < 1.29 is 4.42 Å². The fraction of sp³-hybridized carbons (Fsp3) is 0. The fourth-order valence-corrected chi connectivity index (χ4v) is 1.92. The number of rotatable bonds is 1. The number of fused-ring (bicyclic) bond motifs is 1. The van der Waals surface area contributed by atoms with Crippen LogP contribution in [0.15, 0.2) is 41.0 Å². The lowest BCUT2D eigenvalue weighted by Crippen LogP contribution is -1.94.